The van der Waals surface area contributed by atoms with E-state index in [0.717, 1.165) is 4.90 Å². The van der Waals surface area contributed by atoms with Crippen LogP contribution in [0.1, 0.15) is 12.5 Å². The molecular formula is C17H17ClN2O3S. The second-order valence-electron chi connectivity index (χ2n) is 4.70. The van der Waals surface area contributed by atoms with Crippen molar-refractivity contribution in [2.75, 3.05) is 12.4 Å². The van der Waals surface area contributed by atoms with Crippen LogP contribution in [0.4, 0.5) is 0 Å². The Morgan fingerprint density at radius 2 is 2.08 bits per heavy atom. The van der Waals surface area contributed by atoms with E-state index in [1.807, 2.05) is 19.1 Å². The fraction of sp³-hybridized carbons (Fsp3) is 0.176. The molecule has 126 valence electrons. The summed E-state index contributed by atoms with van der Waals surface area (Å²) in [6.45, 7) is 2.28. The first-order valence-corrected chi connectivity index (χ1v) is 8.61. The van der Waals surface area contributed by atoms with Gasteiger partial charge >= 0.3 is 0 Å². The average Bonchev–Trinajstić information content (AvgIpc) is 2.57. The molecule has 1 amide bonds. The van der Waals surface area contributed by atoms with Gasteiger partial charge in [0.05, 0.1) is 18.6 Å². The highest BCUT2D eigenvalue weighted by Gasteiger charge is 2.03. The Balaban J connectivity index is 1.83. The van der Waals surface area contributed by atoms with Crippen molar-refractivity contribution in [2.24, 2.45) is 5.10 Å². The third kappa shape index (κ3) is 5.79. The monoisotopic (exact) mass is 364 g/mol. The number of hydrazone groups is 1. The summed E-state index contributed by atoms with van der Waals surface area (Å²) in [5.41, 5.74) is 3.17. The van der Waals surface area contributed by atoms with Gasteiger partial charge in [-0.05, 0) is 55.0 Å². The second-order valence-corrected chi connectivity index (χ2v) is 6.18. The lowest BCUT2D eigenvalue weighted by molar-refractivity contribution is -0.118. The fourth-order valence-electron chi connectivity index (χ4n) is 1.77. The lowest BCUT2D eigenvalue weighted by Crippen LogP contribution is -2.19. The number of nitrogens with one attached hydrogen (secondary N) is 1. The lowest BCUT2D eigenvalue weighted by atomic mass is 10.2. The van der Waals surface area contributed by atoms with E-state index in [1.54, 1.807) is 24.3 Å². The van der Waals surface area contributed by atoms with Crippen LogP contribution < -0.4 is 10.2 Å². The van der Waals surface area contributed by atoms with E-state index >= 15 is 0 Å². The SMILES string of the molecule is CCOc1cc(C=NNC(=O)CSc2ccc(Cl)cc2)ccc1O. The zero-order chi connectivity index (χ0) is 17.4. The van der Waals surface area contributed by atoms with E-state index in [9.17, 15) is 9.90 Å². The highest BCUT2D eigenvalue weighted by molar-refractivity contribution is 8.00. The van der Waals surface area contributed by atoms with E-state index in [1.165, 1.54) is 24.0 Å². The van der Waals surface area contributed by atoms with Gasteiger partial charge in [-0.3, -0.25) is 4.79 Å². The first-order valence-electron chi connectivity index (χ1n) is 7.24. The largest absolute Gasteiger partial charge is 0.504 e. The molecule has 0 aliphatic heterocycles. The lowest BCUT2D eigenvalue weighted by Gasteiger charge is -2.06. The molecule has 2 N–H and O–H groups in total. The predicted octanol–water partition coefficient (Wildman–Crippen LogP) is 3.69. The van der Waals surface area contributed by atoms with Crippen molar-refractivity contribution < 1.29 is 14.6 Å². The Morgan fingerprint density at radius 1 is 1.33 bits per heavy atom. The molecule has 0 bridgehead atoms. The van der Waals surface area contributed by atoms with Gasteiger partial charge in [-0.15, -0.1) is 11.8 Å². The van der Waals surface area contributed by atoms with Gasteiger partial charge in [0.25, 0.3) is 0 Å². The molecule has 5 nitrogen and oxygen atoms in total. The third-order valence-electron chi connectivity index (χ3n) is 2.87. The maximum absolute atomic E-state index is 11.8. The van der Waals surface area contributed by atoms with Crippen molar-refractivity contribution in [1.29, 1.82) is 0 Å². The molecule has 0 spiro atoms. The Kier molecular flexibility index (Phi) is 6.96. The van der Waals surface area contributed by atoms with Crippen molar-refractivity contribution in [3.63, 3.8) is 0 Å². The molecule has 0 radical (unpaired) electrons. The number of phenolic OH excluding ortho intramolecular Hbond substituents is 1. The van der Waals surface area contributed by atoms with Crippen LogP contribution in [0.3, 0.4) is 0 Å². The number of nitrogens with zero attached hydrogens (tertiary/aromatic N) is 1. The first kappa shape index (κ1) is 18.2. The van der Waals surface area contributed by atoms with Crippen LogP contribution in [-0.4, -0.2) is 29.6 Å². The summed E-state index contributed by atoms with van der Waals surface area (Å²) in [6, 6.07) is 12.1. The first-order chi connectivity index (χ1) is 11.6. The van der Waals surface area contributed by atoms with Crippen LogP contribution in [0, 0.1) is 0 Å². The van der Waals surface area contributed by atoms with Gasteiger partial charge in [0.15, 0.2) is 11.5 Å². The number of aromatic hydroxyl groups is 1. The summed E-state index contributed by atoms with van der Waals surface area (Å²) in [5, 5.41) is 14.2. The molecule has 2 aromatic carbocycles. The van der Waals surface area contributed by atoms with Gasteiger partial charge in [0.1, 0.15) is 0 Å². The minimum atomic E-state index is -0.213. The molecule has 0 aromatic heterocycles. The minimum absolute atomic E-state index is 0.0670. The zero-order valence-corrected chi connectivity index (χ0v) is 14.6. The highest BCUT2D eigenvalue weighted by Crippen LogP contribution is 2.26. The number of hydrogen-bond acceptors (Lipinski definition) is 5. The molecule has 0 unspecified atom stereocenters. The van der Waals surface area contributed by atoms with Crippen molar-refractivity contribution in [1.82, 2.24) is 5.43 Å². The number of hydrogen-bond donors (Lipinski definition) is 2. The Labute approximate surface area is 149 Å². The van der Waals surface area contributed by atoms with Gasteiger partial charge in [-0.1, -0.05) is 11.6 Å². The number of carbonyl (C=O) groups is 1. The molecule has 0 saturated carbocycles. The molecule has 0 saturated heterocycles. The third-order valence-corrected chi connectivity index (χ3v) is 4.13. The average molecular weight is 365 g/mol. The van der Waals surface area contributed by atoms with Crippen LogP contribution >= 0.6 is 23.4 Å². The quantitative estimate of drug-likeness (QED) is 0.446. The molecule has 0 heterocycles. The van der Waals surface area contributed by atoms with Gasteiger partial charge in [-0.2, -0.15) is 5.10 Å². The van der Waals surface area contributed by atoms with Gasteiger partial charge in [0.2, 0.25) is 5.91 Å². The minimum Gasteiger partial charge on any atom is -0.504 e. The van der Waals surface area contributed by atoms with Gasteiger partial charge in [0, 0.05) is 9.92 Å². The van der Waals surface area contributed by atoms with Crippen LogP contribution in [0.2, 0.25) is 5.02 Å². The number of rotatable bonds is 7. The summed E-state index contributed by atoms with van der Waals surface area (Å²) in [5.74, 6) is 0.483. The summed E-state index contributed by atoms with van der Waals surface area (Å²) in [4.78, 5) is 12.7. The fourth-order valence-corrected chi connectivity index (χ4v) is 2.59. The number of halogens is 1. The number of ether oxygens (including phenoxy) is 1. The predicted molar refractivity (Wildman–Crippen MR) is 97.2 cm³/mol. The summed E-state index contributed by atoms with van der Waals surface area (Å²) in [7, 11) is 0. The van der Waals surface area contributed by atoms with Crippen LogP contribution in [0.5, 0.6) is 11.5 Å². The van der Waals surface area contributed by atoms with Crippen molar-refractivity contribution >= 4 is 35.5 Å². The van der Waals surface area contributed by atoms with Gasteiger partial charge in [-0.25, -0.2) is 5.43 Å². The molecule has 0 aliphatic carbocycles. The summed E-state index contributed by atoms with van der Waals surface area (Å²) in [6.07, 6.45) is 1.49. The normalized spacial score (nSPS) is 10.8. The topological polar surface area (TPSA) is 70.9 Å². The zero-order valence-electron chi connectivity index (χ0n) is 13.0. The smallest absolute Gasteiger partial charge is 0.250 e. The highest BCUT2D eigenvalue weighted by atomic mass is 35.5. The Morgan fingerprint density at radius 3 is 2.79 bits per heavy atom. The molecule has 0 fully saturated rings. The molecule has 7 heteroatoms. The molecule has 0 atom stereocenters. The van der Waals surface area contributed by atoms with E-state index in [4.69, 9.17) is 16.3 Å². The van der Waals surface area contributed by atoms with Crippen LogP contribution in [-0.2, 0) is 4.79 Å². The summed E-state index contributed by atoms with van der Waals surface area (Å²) < 4.78 is 5.29. The number of carbonyl (C=O) groups excluding carboxylic acids is 1. The van der Waals surface area contributed by atoms with Crippen molar-refractivity contribution in [3.05, 3.63) is 53.1 Å². The molecule has 0 aliphatic rings. The Bertz CT molecular complexity index is 720. The van der Waals surface area contributed by atoms with Crippen molar-refractivity contribution in [3.8, 4) is 11.5 Å². The maximum atomic E-state index is 11.8. The van der Waals surface area contributed by atoms with E-state index in [-0.39, 0.29) is 17.4 Å². The Hall–Kier alpha value is -2.18. The van der Waals surface area contributed by atoms with E-state index in [2.05, 4.69) is 10.5 Å². The molecular weight excluding hydrogens is 348 g/mol. The van der Waals surface area contributed by atoms with Crippen LogP contribution in [0.25, 0.3) is 0 Å². The molecule has 24 heavy (non-hydrogen) atoms. The number of benzene rings is 2. The van der Waals surface area contributed by atoms with Crippen molar-refractivity contribution in [2.45, 2.75) is 11.8 Å². The summed E-state index contributed by atoms with van der Waals surface area (Å²) >= 11 is 7.21. The molecule has 2 aromatic rings. The number of amides is 1. The number of thioether (sulfide) groups is 1. The number of phenols is 1. The van der Waals surface area contributed by atoms with E-state index < -0.39 is 0 Å². The van der Waals surface area contributed by atoms with Gasteiger partial charge < -0.3 is 9.84 Å². The standard InChI is InChI=1S/C17H17ClN2O3S/c1-2-23-16-9-12(3-8-15(16)21)10-19-20-17(22)11-24-14-6-4-13(18)5-7-14/h3-10,21H,2,11H2,1H3,(H,20,22). The van der Waals surface area contributed by atoms with E-state index in [0.29, 0.717) is 22.9 Å². The maximum Gasteiger partial charge on any atom is 0.250 e. The molecule has 2 rings (SSSR count). The second kappa shape index (κ2) is 9.20. The van der Waals surface area contributed by atoms with Crippen LogP contribution in [0.15, 0.2) is 52.5 Å².